The Labute approximate surface area is 142 Å². The summed E-state index contributed by atoms with van der Waals surface area (Å²) in [5, 5.41) is 2.59. The molecular formula is C13H18ClF3N2O3S. The number of quaternary nitrogens is 1. The largest absolute Gasteiger partial charge is 1.00 e. The predicted molar refractivity (Wildman–Crippen MR) is 78.0 cm³/mol. The standard InChI is InChI=1S/C13H17F3N2O3S.ClH/c1-20-10-4-3-8(7-11(10)21-2)18-12(19)9(17)5-6-22-13(14,15)16;/h3-4,7,9H,5-6,17H2,1-2H3,(H,18,19);1H/t9-;/m0./s1. The number of hydrogen-bond donors (Lipinski definition) is 2. The van der Waals surface area contributed by atoms with Gasteiger partial charge in [-0.3, -0.25) is 4.79 Å². The molecule has 1 rings (SSSR count). The van der Waals surface area contributed by atoms with Crippen LogP contribution in [-0.4, -0.2) is 37.4 Å². The quantitative estimate of drug-likeness (QED) is 0.635. The van der Waals surface area contributed by atoms with Crippen LogP contribution < -0.4 is 32.9 Å². The van der Waals surface area contributed by atoms with Crippen molar-refractivity contribution in [3.8, 4) is 11.5 Å². The van der Waals surface area contributed by atoms with Gasteiger partial charge >= 0.3 is 5.51 Å². The van der Waals surface area contributed by atoms with Crippen molar-refractivity contribution in [1.82, 2.24) is 0 Å². The normalized spacial score (nSPS) is 12.1. The Morgan fingerprint density at radius 2 is 1.91 bits per heavy atom. The van der Waals surface area contributed by atoms with Crippen LogP contribution in [0.3, 0.4) is 0 Å². The van der Waals surface area contributed by atoms with Crippen LogP contribution in [0.5, 0.6) is 11.5 Å². The summed E-state index contributed by atoms with van der Waals surface area (Å²) in [6.45, 7) is 0. The van der Waals surface area contributed by atoms with Crippen LogP contribution in [0.15, 0.2) is 18.2 Å². The van der Waals surface area contributed by atoms with E-state index in [2.05, 4.69) is 11.1 Å². The summed E-state index contributed by atoms with van der Waals surface area (Å²) in [4.78, 5) is 11.9. The summed E-state index contributed by atoms with van der Waals surface area (Å²) in [7, 11) is 2.95. The van der Waals surface area contributed by atoms with Gasteiger partial charge in [-0.15, -0.1) is 0 Å². The van der Waals surface area contributed by atoms with Gasteiger partial charge in [-0.25, -0.2) is 0 Å². The Morgan fingerprint density at radius 3 is 2.43 bits per heavy atom. The van der Waals surface area contributed by atoms with Gasteiger partial charge in [0.25, 0.3) is 5.91 Å². The van der Waals surface area contributed by atoms with Crippen LogP contribution >= 0.6 is 11.8 Å². The van der Waals surface area contributed by atoms with E-state index >= 15 is 0 Å². The lowest BCUT2D eigenvalue weighted by Gasteiger charge is -2.12. The molecule has 0 fully saturated rings. The minimum atomic E-state index is -4.29. The smallest absolute Gasteiger partial charge is 0.441 e. The molecule has 0 saturated heterocycles. The van der Waals surface area contributed by atoms with E-state index < -0.39 is 17.5 Å². The molecule has 0 aromatic heterocycles. The summed E-state index contributed by atoms with van der Waals surface area (Å²) in [5.41, 5.74) is -0.253. The van der Waals surface area contributed by atoms with E-state index in [-0.39, 0.29) is 36.3 Å². The minimum Gasteiger partial charge on any atom is -1.00 e. The molecule has 23 heavy (non-hydrogen) atoms. The Bertz CT molecular complexity index is 518. The monoisotopic (exact) mass is 374 g/mol. The molecule has 0 bridgehead atoms. The number of alkyl halides is 3. The molecule has 0 spiro atoms. The third-order valence-electron chi connectivity index (χ3n) is 2.75. The Balaban J connectivity index is 0.00000484. The van der Waals surface area contributed by atoms with Crippen LogP contribution in [0.1, 0.15) is 6.42 Å². The summed E-state index contributed by atoms with van der Waals surface area (Å²) < 4.78 is 46.2. The van der Waals surface area contributed by atoms with Gasteiger partial charge in [0.15, 0.2) is 17.5 Å². The SMILES string of the molecule is COc1ccc(NC(=O)[C@@H]([NH3+])CCSC(F)(F)F)cc1OC.[Cl-]. The third-order valence-corrected chi connectivity index (χ3v) is 3.52. The Hall–Kier alpha value is -1.32. The molecule has 132 valence electrons. The van der Waals surface area contributed by atoms with E-state index in [0.29, 0.717) is 17.2 Å². The van der Waals surface area contributed by atoms with Gasteiger partial charge in [-0.05, 0) is 12.1 Å². The third kappa shape index (κ3) is 7.67. The molecule has 0 aliphatic heterocycles. The fourth-order valence-electron chi connectivity index (χ4n) is 1.61. The summed E-state index contributed by atoms with van der Waals surface area (Å²) in [5.74, 6) is 0.286. The second-order valence-corrected chi connectivity index (χ2v) is 5.50. The number of carbonyl (C=O) groups excluding carboxylic acids is 1. The van der Waals surface area contributed by atoms with Crippen LogP contribution in [-0.2, 0) is 4.79 Å². The van der Waals surface area contributed by atoms with Gasteiger partial charge in [0.05, 0.1) is 14.2 Å². The predicted octanol–water partition coefficient (Wildman–Crippen LogP) is -1.10. The lowest BCUT2D eigenvalue weighted by atomic mass is 10.2. The Kier molecular flexibility index (Phi) is 9.18. The highest BCUT2D eigenvalue weighted by Crippen LogP contribution is 2.31. The van der Waals surface area contributed by atoms with E-state index in [1.807, 2.05) is 0 Å². The van der Waals surface area contributed by atoms with Gasteiger partial charge in [0.1, 0.15) is 0 Å². The number of methoxy groups -OCH3 is 2. The second kappa shape index (κ2) is 9.74. The van der Waals surface area contributed by atoms with Crippen molar-refractivity contribution in [2.24, 2.45) is 0 Å². The number of carbonyl (C=O) groups is 1. The van der Waals surface area contributed by atoms with E-state index in [0.717, 1.165) is 0 Å². The fraction of sp³-hybridized carbons (Fsp3) is 0.462. The van der Waals surface area contributed by atoms with Crippen molar-refractivity contribution in [3.05, 3.63) is 18.2 Å². The van der Waals surface area contributed by atoms with Crippen molar-refractivity contribution in [2.75, 3.05) is 25.3 Å². The molecule has 0 aliphatic carbocycles. The topological polar surface area (TPSA) is 75.2 Å². The molecule has 0 radical (unpaired) electrons. The summed E-state index contributed by atoms with van der Waals surface area (Å²) in [6, 6.07) is 4.01. The van der Waals surface area contributed by atoms with Crippen molar-refractivity contribution in [1.29, 1.82) is 0 Å². The number of amides is 1. The molecular weight excluding hydrogens is 357 g/mol. The molecule has 0 heterocycles. The van der Waals surface area contributed by atoms with E-state index in [9.17, 15) is 18.0 Å². The lowest BCUT2D eigenvalue weighted by molar-refractivity contribution is -0.402. The first-order valence-electron chi connectivity index (χ1n) is 6.33. The average Bonchev–Trinajstić information content (AvgIpc) is 2.45. The van der Waals surface area contributed by atoms with Gasteiger partial charge in [0.2, 0.25) is 0 Å². The average molecular weight is 375 g/mol. The highest BCUT2D eigenvalue weighted by Gasteiger charge is 2.29. The zero-order valence-corrected chi connectivity index (χ0v) is 14.1. The first kappa shape index (κ1) is 21.7. The van der Waals surface area contributed by atoms with Gasteiger partial charge < -0.3 is 32.9 Å². The molecule has 1 aromatic carbocycles. The molecule has 1 aromatic rings. The maximum Gasteiger partial charge on any atom is 0.441 e. The Morgan fingerprint density at radius 1 is 1.30 bits per heavy atom. The van der Waals surface area contributed by atoms with Gasteiger partial charge in [-0.1, -0.05) is 11.8 Å². The number of halogens is 4. The zero-order chi connectivity index (χ0) is 16.8. The van der Waals surface area contributed by atoms with Crippen molar-refractivity contribution in [3.63, 3.8) is 0 Å². The molecule has 4 N–H and O–H groups in total. The second-order valence-electron chi connectivity index (χ2n) is 4.34. The molecule has 1 atom stereocenters. The number of benzene rings is 1. The number of nitrogens with one attached hydrogen (secondary N) is 1. The molecule has 5 nitrogen and oxygen atoms in total. The van der Waals surface area contributed by atoms with E-state index in [1.54, 1.807) is 18.2 Å². The zero-order valence-electron chi connectivity index (χ0n) is 12.6. The summed E-state index contributed by atoms with van der Waals surface area (Å²) in [6.07, 6.45) is 0.0311. The maximum atomic E-state index is 12.0. The minimum absolute atomic E-state index is 0. The molecule has 1 amide bonds. The summed E-state index contributed by atoms with van der Waals surface area (Å²) >= 11 is -0.160. The molecule has 0 unspecified atom stereocenters. The van der Waals surface area contributed by atoms with Crippen molar-refractivity contribution >= 4 is 23.4 Å². The van der Waals surface area contributed by atoms with Crippen LogP contribution in [0.2, 0.25) is 0 Å². The van der Waals surface area contributed by atoms with Gasteiger partial charge in [0, 0.05) is 23.9 Å². The highest BCUT2D eigenvalue weighted by atomic mass is 35.5. The van der Waals surface area contributed by atoms with E-state index in [1.165, 1.54) is 14.2 Å². The first-order chi connectivity index (χ1) is 10.3. The van der Waals surface area contributed by atoms with Crippen LogP contribution in [0, 0.1) is 0 Å². The fourth-order valence-corrected chi connectivity index (χ4v) is 2.24. The first-order valence-corrected chi connectivity index (χ1v) is 7.32. The number of ether oxygens (including phenoxy) is 2. The molecule has 10 heteroatoms. The van der Waals surface area contributed by atoms with Crippen LogP contribution in [0.4, 0.5) is 18.9 Å². The lowest BCUT2D eigenvalue weighted by Crippen LogP contribution is -3.00. The van der Waals surface area contributed by atoms with Gasteiger partial charge in [-0.2, -0.15) is 13.2 Å². The van der Waals surface area contributed by atoms with E-state index in [4.69, 9.17) is 9.47 Å². The number of hydrogen-bond acceptors (Lipinski definition) is 4. The van der Waals surface area contributed by atoms with Crippen molar-refractivity contribution in [2.45, 2.75) is 18.0 Å². The number of thioether (sulfide) groups is 1. The van der Waals surface area contributed by atoms with Crippen LogP contribution in [0.25, 0.3) is 0 Å². The molecule has 0 aliphatic rings. The number of anilines is 1. The maximum absolute atomic E-state index is 12.0. The molecule has 0 saturated carbocycles. The van der Waals surface area contributed by atoms with Crippen molar-refractivity contribution < 1.29 is 45.6 Å². The number of rotatable bonds is 7. The highest BCUT2D eigenvalue weighted by molar-refractivity contribution is 8.00.